The standard InChI is InChI=1S/C60H96O6/c1-4-7-10-13-16-19-21-22-23-24-25-26-27-28-29-30-31-32-33-34-35-36-37-38-40-41-44-47-50-53-59(62)65-56-57(55-64-58(61)52-49-46-43-18-15-12-9-6-3)66-60(63)54-51-48-45-42-39-20-17-14-11-8-5-2/h7,10,14,16-17,19,22-23,25-26,28-29,31-32,34-35,37-38,41,44,57H,4-6,8-9,11-13,15,18,20-21,24,27,30,33,36,39-40,42-43,45-56H2,1-3H3/b10-7-,17-14-,19-16-,23-22-,26-25-,29-28-,32-31-,35-34-,38-37-,44-41-. The van der Waals surface area contributed by atoms with Gasteiger partial charge in [-0.15, -0.1) is 0 Å². The normalized spacial score (nSPS) is 13.1. The van der Waals surface area contributed by atoms with Crippen LogP contribution < -0.4 is 0 Å². The lowest BCUT2D eigenvalue weighted by Crippen LogP contribution is -2.30. The Morgan fingerprint density at radius 2 is 0.621 bits per heavy atom. The minimum atomic E-state index is -0.804. The summed E-state index contributed by atoms with van der Waals surface area (Å²) in [5.74, 6) is -0.987. The van der Waals surface area contributed by atoms with Crippen molar-refractivity contribution in [3.63, 3.8) is 0 Å². The number of rotatable bonds is 46. The molecule has 1 unspecified atom stereocenters. The molecule has 0 spiro atoms. The van der Waals surface area contributed by atoms with E-state index in [0.717, 1.165) is 116 Å². The smallest absolute Gasteiger partial charge is 0.306 e. The Labute approximate surface area is 405 Å². The van der Waals surface area contributed by atoms with Crippen LogP contribution in [-0.4, -0.2) is 37.2 Å². The molecule has 372 valence electrons. The molecule has 66 heavy (non-hydrogen) atoms. The molecule has 0 aliphatic carbocycles. The highest BCUT2D eigenvalue weighted by Crippen LogP contribution is 2.13. The third-order valence-corrected chi connectivity index (χ3v) is 10.7. The van der Waals surface area contributed by atoms with Crippen LogP contribution in [0.15, 0.2) is 122 Å². The average Bonchev–Trinajstić information content (AvgIpc) is 3.31. The van der Waals surface area contributed by atoms with Crippen LogP contribution in [0.3, 0.4) is 0 Å². The van der Waals surface area contributed by atoms with Crippen molar-refractivity contribution in [1.82, 2.24) is 0 Å². The van der Waals surface area contributed by atoms with Crippen LogP contribution in [0.1, 0.15) is 220 Å². The second-order valence-corrected chi connectivity index (χ2v) is 17.1. The SMILES string of the molecule is CC/C=C\C/C=C\C/C=C\C/C=C\C/C=C\C/C=C\C/C=C\C/C=C\C/C=C\CCCC(=O)OCC(COC(=O)CCCCCCCCCC)OC(=O)CCCCCCC/C=C\CCCC. The number of hydrogen-bond donors (Lipinski definition) is 0. The maximum absolute atomic E-state index is 12.7. The zero-order valence-electron chi connectivity index (χ0n) is 42.4. The van der Waals surface area contributed by atoms with E-state index in [0.29, 0.717) is 19.3 Å². The van der Waals surface area contributed by atoms with Crippen LogP contribution in [0.2, 0.25) is 0 Å². The lowest BCUT2D eigenvalue weighted by Gasteiger charge is -2.18. The Bertz CT molecular complexity index is 1420. The Morgan fingerprint density at radius 1 is 0.318 bits per heavy atom. The van der Waals surface area contributed by atoms with E-state index >= 15 is 0 Å². The van der Waals surface area contributed by atoms with Gasteiger partial charge in [-0.1, -0.05) is 219 Å². The number of carbonyl (C=O) groups excluding carboxylic acids is 3. The van der Waals surface area contributed by atoms with Crippen LogP contribution in [0.4, 0.5) is 0 Å². The highest BCUT2D eigenvalue weighted by atomic mass is 16.6. The van der Waals surface area contributed by atoms with Crippen molar-refractivity contribution in [1.29, 1.82) is 0 Å². The first kappa shape index (κ1) is 61.8. The number of unbranched alkanes of at least 4 members (excludes halogenated alkanes) is 15. The highest BCUT2D eigenvalue weighted by Gasteiger charge is 2.19. The fourth-order valence-electron chi connectivity index (χ4n) is 6.72. The van der Waals surface area contributed by atoms with Gasteiger partial charge in [0.25, 0.3) is 0 Å². The minimum Gasteiger partial charge on any atom is -0.462 e. The third kappa shape index (κ3) is 50.8. The van der Waals surface area contributed by atoms with E-state index in [9.17, 15) is 14.4 Å². The van der Waals surface area contributed by atoms with E-state index in [1.807, 2.05) is 0 Å². The molecule has 0 saturated carbocycles. The van der Waals surface area contributed by atoms with Gasteiger partial charge in [0, 0.05) is 19.3 Å². The van der Waals surface area contributed by atoms with E-state index in [1.54, 1.807) is 0 Å². The summed E-state index contributed by atoms with van der Waals surface area (Å²) < 4.78 is 16.7. The lowest BCUT2D eigenvalue weighted by molar-refractivity contribution is -0.167. The Hall–Kier alpha value is -4.19. The molecule has 0 radical (unpaired) electrons. The van der Waals surface area contributed by atoms with Gasteiger partial charge < -0.3 is 14.2 Å². The first-order valence-electron chi connectivity index (χ1n) is 26.5. The van der Waals surface area contributed by atoms with Crippen LogP contribution >= 0.6 is 0 Å². The minimum absolute atomic E-state index is 0.101. The van der Waals surface area contributed by atoms with Gasteiger partial charge in [0.2, 0.25) is 0 Å². The summed E-state index contributed by atoms with van der Waals surface area (Å²) in [7, 11) is 0. The highest BCUT2D eigenvalue weighted by molar-refractivity contribution is 5.71. The summed E-state index contributed by atoms with van der Waals surface area (Å²) in [4.78, 5) is 37.8. The molecular formula is C60H96O6. The number of esters is 3. The van der Waals surface area contributed by atoms with E-state index in [4.69, 9.17) is 14.2 Å². The number of hydrogen-bond acceptors (Lipinski definition) is 6. The van der Waals surface area contributed by atoms with Crippen LogP contribution in [0.25, 0.3) is 0 Å². The maximum Gasteiger partial charge on any atom is 0.306 e. The molecule has 0 aromatic rings. The van der Waals surface area contributed by atoms with Gasteiger partial charge in [-0.25, -0.2) is 0 Å². The topological polar surface area (TPSA) is 78.9 Å². The van der Waals surface area contributed by atoms with Gasteiger partial charge in [0.1, 0.15) is 13.2 Å². The third-order valence-electron chi connectivity index (χ3n) is 10.7. The van der Waals surface area contributed by atoms with Gasteiger partial charge in [-0.2, -0.15) is 0 Å². The molecule has 6 nitrogen and oxygen atoms in total. The second kappa shape index (κ2) is 53.4. The van der Waals surface area contributed by atoms with Gasteiger partial charge in [0.05, 0.1) is 0 Å². The molecular weight excluding hydrogens is 817 g/mol. The molecule has 0 saturated heterocycles. The van der Waals surface area contributed by atoms with Crippen molar-refractivity contribution in [2.75, 3.05) is 13.2 Å². The van der Waals surface area contributed by atoms with Crippen molar-refractivity contribution in [3.8, 4) is 0 Å². The molecule has 1 atom stereocenters. The van der Waals surface area contributed by atoms with E-state index in [1.165, 1.54) is 57.8 Å². The summed E-state index contributed by atoms with van der Waals surface area (Å²) in [5, 5.41) is 0. The molecule has 0 N–H and O–H groups in total. The van der Waals surface area contributed by atoms with Crippen molar-refractivity contribution >= 4 is 17.9 Å². The van der Waals surface area contributed by atoms with Gasteiger partial charge >= 0.3 is 17.9 Å². The first-order chi connectivity index (χ1) is 32.5. The monoisotopic (exact) mass is 913 g/mol. The first-order valence-corrected chi connectivity index (χ1v) is 26.5. The summed E-state index contributed by atoms with van der Waals surface area (Å²) in [6.07, 6.45) is 73.5. The lowest BCUT2D eigenvalue weighted by atomic mass is 10.1. The quantitative estimate of drug-likeness (QED) is 0.0262. The maximum atomic E-state index is 12.7. The summed E-state index contributed by atoms with van der Waals surface area (Å²) >= 11 is 0. The summed E-state index contributed by atoms with van der Waals surface area (Å²) in [5.41, 5.74) is 0. The van der Waals surface area contributed by atoms with E-state index in [-0.39, 0.29) is 37.5 Å². The summed E-state index contributed by atoms with van der Waals surface area (Å²) in [6, 6.07) is 0. The van der Waals surface area contributed by atoms with Gasteiger partial charge in [-0.05, 0) is 103 Å². The van der Waals surface area contributed by atoms with Crippen LogP contribution in [0.5, 0.6) is 0 Å². The zero-order chi connectivity index (χ0) is 47.9. The molecule has 0 heterocycles. The number of ether oxygens (including phenoxy) is 3. The van der Waals surface area contributed by atoms with Gasteiger partial charge in [-0.3, -0.25) is 14.4 Å². The van der Waals surface area contributed by atoms with Crippen molar-refractivity contribution < 1.29 is 28.6 Å². The molecule has 0 amide bonds. The largest absolute Gasteiger partial charge is 0.462 e. The second-order valence-electron chi connectivity index (χ2n) is 17.1. The molecule has 0 aromatic heterocycles. The van der Waals surface area contributed by atoms with Crippen LogP contribution in [-0.2, 0) is 28.6 Å². The Balaban J connectivity index is 4.32. The predicted molar refractivity (Wildman–Crippen MR) is 283 cm³/mol. The molecule has 6 heteroatoms. The average molecular weight is 913 g/mol. The van der Waals surface area contributed by atoms with E-state index in [2.05, 4.69) is 142 Å². The molecule has 0 rings (SSSR count). The molecule has 0 aromatic carbocycles. The number of allylic oxidation sites excluding steroid dienone is 20. The summed E-state index contributed by atoms with van der Waals surface area (Å²) in [6.45, 7) is 6.38. The molecule has 0 aliphatic heterocycles. The van der Waals surface area contributed by atoms with Crippen molar-refractivity contribution in [2.24, 2.45) is 0 Å². The Kier molecular flexibility index (Phi) is 50.0. The van der Waals surface area contributed by atoms with Crippen molar-refractivity contribution in [2.45, 2.75) is 226 Å². The van der Waals surface area contributed by atoms with E-state index < -0.39 is 6.10 Å². The van der Waals surface area contributed by atoms with Crippen LogP contribution in [0, 0.1) is 0 Å². The fraction of sp³-hybridized carbons (Fsp3) is 0.617. The van der Waals surface area contributed by atoms with Crippen molar-refractivity contribution in [3.05, 3.63) is 122 Å². The zero-order valence-corrected chi connectivity index (χ0v) is 42.4. The Morgan fingerprint density at radius 3 is 1.05 bits per heavy atom. The molecule has 0 fully saturated rings. The molecule has 0 aliphatic rings. The van der Waals surface area contributed by atoms with Gasteiger partial charge in [0.15, 0.2) is 6.10 Å². The fourth-order valence-corrected chi connectivity index (χ4v) is 6.72. The predicted octanol–water partition coefficient (Wildman–Crippen LogP) is 17.7. The molecule has 0 bridgehead atoms. The number of carbonyl (C=O) groups is 3.